The van der Waals surface area contributed by atoms with Crippen LogP contribution in [0.5, 0.6) is 5.75 Å². The number of aromatic hydroxyl groups is 1. The molecule has 0 saturated heterocycles. The van der Waals surface area contributed by atoms with E-state index in [0.717, 1.165) is 38.0 Å². The maximum atomic E-state index is 10.0. The molecule has 3 atom stereocenters. The number of allylic oxidation sites excluding steroid dienone is 1. The van der Waals surface area contributed by atoms with Crippen LogP contribution in [0.3, 0.4) is 0 Å². The smallest absolute Gasteiger partial charge is 0.116 e. The van der Waals surface area contributed by atoms with E-state index in [2.05, 4.69) is 86.3 Å². The first kappa shape index (κ1) is 27.4. The highest BCUT2D eigenvalue weighted by Gasteiger charge is 2.35. The summed E-state index contributed by atoms with van der Waals surface area (Å²) in [6, 6.07) is 14.9. The number of benzene rings is 2. The lowest BCUT2D eigenvalue weighted by Gasteiger charge is -2.41. The van der Waals surface area contributed by atoms with Crippen LogP contribution in [0.4, 0.5) is 0 Å². The molecule has 0 amide bonds. The number of ether oxygens (including phenoxy) is 1. The van der Waals surface area contributed by atoms with Crippen LogP contribution in [0.25, 0.3) is 0 Å². The summed E-state index contributed by atoms with van der Waals surface area (Å²) in [5.74, 6) is 2.05. The van der Waals surface area contributed by atoms with Gasteiger partial charge < -0.3 is 19.8 Å². The number of hydrogen-bond acceptors (Lipinski definition) is 5. The summed E-state index contributed by atoms with van der Waals surface area (Å²) >= 11 is 0. The highest BCUT2D eigenvalue weighted by molar-refractivity contribution is 5.37. The molecule has 0 bridgehead atoms. The van der Waals surface area contributed by atoms with E-state index in [0.29, 0.717) is 24.1 Å². The summed E-state index contributed by atoms with van der Waals surface area (Å²) in [6.45, 7) is 6.04. The Morgan fingerprint density at radius 1 is 1.03 bits per heavy atom. The van der Waals surface area contributed by atoms with Crippen molar-refractivity contribution in [1.82, 2.24) is 9.80 Å². The molecule has 0 spiro atoms. The Labute approximate surface area is 223 Å². The summed E-state index contributed by atoms with van der Waals surface area (Å²) in [5.41, 5.74) is 5.30. The van der Waals surface area contributed by atoms with Crippen molar-refractivity contribution in [3.8, 4) is 5.75 Å². The molecular weight excluding hydrogens is 460 g/mol. The summed E-state index contributed by atoms with van der Waals surface area (Å²) < 4.78 is 5.64. The Kier molecular flexibility index (Phi) is 8.79. The minimum Gasteiger partial charge on any atom is -0.508 e. The van der Waals surface area contributed by atoms with Crippen molar-refractivity contribution in [1.29, 1.82) is 0 Å². The molecule has 200 valence electrons. The Balaban J connectivity index is 1.53. The summed E-state index contributed by atoms with van der Waals surface area (Å²) in [7, 11) is 5.99. The Morgan fingerprint density at radius 3 is 2.43 bits per heavy atom. The zero-order valence-electron chi connectivity index (χ0n) is 23.2. The van der Waals surface area contributed by atoms with Gasteiger partial charge in [-0.25, -0.2) is 0 Å². The van der Waals surface area contributed by atoms with E-state index in [1.807, 2.05) is 6.07 Å². The third-order valence-corrected chi connectivity index (χ3v) is 8.51. The van der Waals surface area contributed by atoms with Gasteiger partial charge in [-0.05, 0) is 112 Å². The number of methoxy groups -OCH3 is 1. The van der Waals surface area contributed by atoms with Gasteiger partial charge in [-0.3, -0.25) is 4.90 Å². The highest BCUT2D eigenvalue weighted by atomic mass is 16.5. The minimum absolute atomic E-state index is 0.102. The fourth-order valence-corrected chi connectivity index (χ4v) is 5.79. The number of rotatable bonds is 10. The third kappa shape index (κ3) is 6.64. The second kappa shape index (κ2) is 11.8. The zero-order valence-corrected chi connectivity index (χ0v) is 23.2. The van der Waals surface area contributed by atoms with Crippen molar-refractivity contribution in [2.75, 3.05) is 34.4 Å². The Hall–Kier alpha value is -2.60. The van der Waals surface area contributed by atoms with Gasteiger partial charge in [0.2, 0.25) is 0 Å². The molecule has 2 N–H and O–H groups in total. The lowest BCUT2D eigenvalue weighted by atomic mass is 9.72. The van der Waals surface area contributed by atoms with Gasteiger partial charge in [-0.15, -0.1) is 0 Å². The topological polar surface area (TPSA) is 56.2 Å². The van der Waals surface area contributed by atoms with E-state index >= 15 is 0 Å². The minimum atomic E-state index is 0.102. The number of phenolic OH excluding ortho intramolecular Hbond substituents is 1. The Bertz CT molecular complexity index is 1100. The van der Waals surface area contributed by atoms with E-state index in [1.165, 1.54) is 22.3 Å². The highest BCUT2D eigenvalue weighted by Crippen LogP contribution is 2.38. The normalized spacial score (nSPS) is 21.7. The van der Waals surface area contributed by atoms with Crippen molar-refractivity contribution in [2.45, 2.75) is 57.7 Å². The largest absolute Gasteiger partial charge is 0.508 e. The number of phenols is 1. The van der Waals surface area contributed by atoms with Crippen molar-refractivity contribution < 1.29 is 14.9 Å². The second-order valence-electron chi connectivity index (χ2n) is 11.6. The molecule has 2 aliphatic carbocycles. The van der Waals surface area contributed by atoms with Crippen LogP contribution in [0.1, 0.15) is 42.5 Å². The van der Waals surface area contributed by atoms with Crippen molar-refractivity contribution >= 4 is 0 Å². The second-order valence-corrected chi connectivity index (χ2v) is 11.6. The maximum absolute atomic E-state index is 10.0. The molecular formula is C32H44N2O3. The summed E-state index contributed by atoms with van der Waals surface area (Å²) in [4.78, 5) is 4.67. The van der Waals surface area contributed by atoms with Gasteiger partial charge in [0.25, 0.3) is 0 Å². The SMILES string of the molecule is COC1=CC(N(CCO)Cc2ccc(CC(C)(C)N(C)C)cc2)C([C@@H]2CCc3cc(O)ccc3C2)C=C1. The van der Waals surface area contributed by atoms with E-state index in [1.54, 1.807) is 13.2 Å². The van der Waals surface area contributed by atoms with Crippen LogP contribution in [0, 0.1) is 11.8 Å². The Morgan fingerprint density at radius 2 is 1.76 bits per heavy atom. The molecule has 37 heavy (non-hydrogen) atoms. The molecule has 2 unspecified atom stereocenters. The predicted molar refractivity (Wildman–Crippen MR) is 151 cm³/mol. The van der Waals surface area contributed by atoms with Crippen LogP contribution in [-0.4, -0.2) is 66.0 Å². The molecule has 0 aromatic heterocycles. The van der Waals surface area contributed by atoms with E-state index in [9.17, 15) is 10.2 Å². The lowest BCUT2D eigenvalue weighted by molar-refractivity contribution is 0.115. The van der Waals surface area contributed by atoms with E-state index in [4.69, 9.17) is 4.74 Å². The van der Waals surface area contributed by atoms with Gasteiger partial charge in [0.15, 0.2) is 0 Å². The van der Waals surface area contributed by atoms with Crippen LogP contribution >= 0.6 is 0 Å². The number of nitrogens with zero attached hydrogens (tertiary/aromatic N) is 2. The first-order chi connectivity index (χ1) is 17.7. The summed E-state index contributed by atoms with van der Waals surface area (Å²) in [6.07, 6.45) is 10.7. The predicted octanol–water partition coefficient (Wildman–Crippen LogP) is 4.96. The molecule has 5 heteroatoms. The molecule has 0 saturated carbocycles. The van der Waals surface area contributed by atoms with Crippen molar-refractivity contribution in [3.63, 3.8) is 0 Å². The van der Waals surface area contributed by atoms with Crippen LogP contribution in [-0.2, 0) is 30.5 Å². The molecule has 5 nitrogen and oxygen atoms in total. The van der Waals surface area contributed by atoms with Crippen LogP contribution < -0.4 is 0 Å². The standard InChI is InChI=1S/C32H44N2O3/c1-32(2,33(3)4)21-23-6-8-24(9-7-23)22-34(16-17-35)31-20-29(37-5)14-15-30(31)27-11-10-26-19-28(36)13-12-25(26)18-27/h6-9,12-15,19-20,27,30-31,35-36H,10-11,16-18,21-22H2,1-5H3/t27-,30?,31?/m1/s1. The summed E-state index contributed by atoms with van der Waals surface area (Å²) in [5, 5.41) is 19.9. The number of likely N-dealkylation sites (N-methyl/N-ethyl adjacent to an activating group) is 1. The molecule has 0 aliphatic heterocycles. The van der Waals surface area contributed by atoms with Crippen LogP contribution in [0.2, 0.25) is 0 Å². The molecule has 0 radical (unpaired) electrons. The third-order valence-electron chi connectivity index (χ3n) is 8.51. The number of hydrogen-bond donors (Lipinski definition) is 2. The van der Waals surface area contributed by atoms with Gasteiger partial charge in [0.05, 0.1) is 13.7 Å². The average molecular weight is 505 g/mol. The number of aryl methyl sites for hydroxylation is 1. The number of fused-ring (bicyclic) bond motifs is 1. The van der Waals surface area contributed by atoms with Crippen LogP contribution in [0.15, 0.2) is 66.5 Å². The number of aliphatic hydroxyl groups excluding tert-OH is 1. The quantitative estimate of drug-likeness (QED) is 0.479. The van der Waals surface area contributed by atoms with Gasteiger partial charge in [0, 0.05) is 24.7 Å². The van der Waals surface area contributed by atoms with Crippen molar-refractivity contribution in [3.05, 3.63) is 88.7 Å². The van der Waals surface area contributed by atoms with Gasteiger partial charge in [0.1, 0.15) is 11.5 Å². The molecule has 2 aliphatic rings. The van der Waals surface area contributed by atoms with E-state index in [-0.39, 0.29) is 18.2 Å². The monoisotopic (exact) mass is 504 g/mol. The molecule has 4 rings (SSSR count). The van der Waals surface area contributed by atoms with Gasteiger partial charge >= 0.3 is 0 Å². The molecule has 2 aromatic carbocycles. The maximum Gasteiger partial charge on any atom is 0.116 e. The van der Waals surface area contributed by atoms with E-state index < -0.39 is 0 Å². The number of aliphatic hydroxyl groups is 1. The fourth-order valence-electron chi connectivity index (χ4n) is 5.79. The molecule has 0 fully saturated rings. The zero-order chi connectivity index (χ0) is 26.6. The first-order valence-corrected chi connectivity index (χ1v) is 13.5. The fraction of sp³-hybridized carbons (Fsp3) is 0.500. The van der Waals surface area contributed by atoms with Gasteiger partial charge in [-0.1, -0.05) is 36.4 Å². The first-order valence-electron chi connectivity index (χ1n) is 13.5. The van der Waals surface area contributed by atoms with Gasteiger partial charge in [-0.2, -0.15) is 0 Å². The average Bonchev–Trinajstić information content (AvgIpc) is 2.88. The molecule has 0 heterocycles. The lowest BCUT2D eigenvalue weighted by Crippen LogP contribution is -2.44. The van der Waals surface area contributed by atoms with Crippen molar-refractivity contribution in [2.24, 2.45) is 11.8 Å². The molecule has 2 aromatic rings.